The van der Waals surface area contributed by atoms with Crippen LogP contribution in [0.15, 0.2) is 0 Å². The van der Waals surface area contributed by atoms with Gasteiger partial charge in [0.1, 0.15) is 12.6 Å². The van der Waals surface area contributed by atoms with E-state index < -0.39 is 6.04 Å². The molecule has 0 bridgehead atoms. The Kier molecular flexibility index (Phi) is 5.88. The van der Waals surface area contributed by atoms with Gasteiger partial charge in [-0.15, -0.1) is 0 Å². The normalized spacial score (nSPS) is 23.7. The van der Waals surface area contributed by atoms with E-state index in [1.165, 1.54) is 0 Å². The Bertz CT molecular complexity index is 246. The number of esters is 1. The van der Waals surface area contributed by atoms with Crippen LogP contribution in [0.25, 0.3) is 0 Å². The lowest BCUT2D eigenvalue weighted by Crippen LogP contribution is -2.51. The highest BCUT2D eigenvalue weighted by atomic mass is 16.5. The van der Waals surface area contributed by atoms with E-state index in [-0.39, 0.29) is 12.0 Å². The molecule has 0 amide bonds. The van der Waals surface area contributed by atoms with E-state index >= 15 is 0 Å². The number of hydrogen-bond acceptors (Lipinski definition) is 5. The van der Waals surface area contributed by atoms with E-state index in [0.717, 1.165) is 13.2 Å². The van der Waals surface area contributed by atoms with Crippen LogP contribution in [0, 0.1) is 0 Å². The quantitative estimate of drug-likeness (QED) is 0.708. The average molecular weight is 244 g/mol. The number of nitrogens with zero attached hydrogens (tertiary/aromatic N) is 1. The molecule has 5 nitrogen and oxygen atoms in total. The third-order valence-electron chi connectivity index (χ3n) is 3.10. The van der Waals surface area contributed by atoms with Crippen LogP contribution in [0.5, 0.6) is 0 Å². The summed E-state index contributed by atoms with van der Waals surface area (Å²) >= 11 is 0. The van der Waals surface area contributed by atoms with Gasteiger partial charge in [-0.1, -0.05) is 6.92 Å². The number of hydrogen-bond donors (Lipinski definition) is 1. The van der Waals surface area contributed by atoms with Crippen molar-refractivity contribution in [2.75, 3.05) is 26.4 Å². The Morgan fingerprint density at radius 1 is 1.59 bits per heavy atom. The number of morpholine rings is 1. The van der Waals surface area contributed by atoms with Gasteiger partial charge in [-0.2, -0.15) is 0 Å². The number of rotatable bonds is 5. The fraction of sp³-hybridized carbons (Fsp3) is 0.917. The molecule has 0 aromatic rings. The second-order valence-corrected chi connectivity index (χ2v) is 4.71. The van der Waals surface area contributed by atoms with Crippen molar-refractivity contribution in [1.82, 2.24) is 4.90 Å². The third-order valence-corrected chi connectivity index (χ3v) is 3.10. The lowest BCUT2D eigenvalue weighted by Gasteiger charge is -2.38. The first-order valence-electron chi connectivity index (χ1n) is 6.32. The molecule has 1 aliphatic heterocycles. The Labute approximate surface area is 103 Å². The van der Waals surface area contributed by atoms with Crippen molar-refractivity contribution >= 4 is 5.97 Å². The number of carbonyl (C=O) groups excluding carboxylic acids is 1. The molecule has 1 saturated heterocycles. The van der Waals surface area contributed by atoms with E-state index in [4.69, 9.17) is 15.2 Å². The predicted molar refractivity (Wildman–Crippen MR) is 65.7 cm³/mol. The lowest BCUT2D eigenvalue weighted by molar-refractivity contribution is -0.149. The summed E-state index contributed by atoms with van der Waals surface area (Å²) in [6, 6.07) is 0.0752. The number of ether oxygens (including phenoxy) is 2. The topological polar surface area (TPSA) is 64.8 Å². The summed E-state index contributed by atoms with van der Waals surface area (Å²) in [5, 5.41) is 0. The van der Waals surface area contributed by atoms with E-state index in [2.05, 4.69) is 18.7 Å². The molecule has 0 aromatic heterocycles. The summed E-state index contributed by atoms with van der Waals surface area (Å²) in [4.78, 5) is 13.8. The first-order valence-corrected chi connectivity index (χ1v) is 6.32. The van der Waals surface area contributed by atoms with Crippen LogP contribution in [0.4, 0.5) is 0 Å². The maximum absolute atomic E-state index is 11.5. The first kappa shape index (κ1) is 14.4. The molecule has 0 aliphatic carbocycles. The number of nitrogens with two attached hydrogens (primary N) is 1. The van der Waals surface area contributed by atoms with Gasteiger partial charge >= 0.3 is 5.97 Å². The average Bonchev–Trinajstić information content (AvgIpc) is 2.35. The van der Waals surface area contributed by atoms with Gasteiger partial charge in [0.25, 0.3) is 0 Å². The smallest absolute Gasteiger partial charge is 0.322 e. The maximum Gasteiger partial charge on any atom is 0.322 e. The second kappa shape index (κ2) is 6.93. The van der Waals surface area contributed by atoms with Gasteiger partial charge in [-0.3, -0.25) is 9.69 Å². The van der Waals surface area contributed by atoms with Gasteiger partial charge in [0.05, 0.1) is 19.3 Å². The molecule has 0 radical (unpaired) electrons. The van der Waals surface area contributed by atoms with Crippen molar-refractivity contribution in [2.45, 2.75) is 45.3 Å². The molecule has 2 N–H and O–H groups in total. The lowest BCUT2D eigenvalue weighted by atomic mass is 10.2. The molecule has 5 heteroatoms. The zero-order valence-electron chi connectivity index (χ0n) is 11.0. The molecule has 1 aliphatic rings. The third kappa shape index (κ3) is 4.26. The van der Waals surface area contributed by atoms with Gasteiger partial charge in [0, 0.05) is 12.6 Å². The van der Waals surface area contributed by atoms with Crippen molar-refractivity contribution < 1.29 is 14.3 Å². The summed E-state index contributed by atoms with van der Waals surface area (Å²) in [5.74, 6) is -0.318. The second-order valence-electron chi connectivity index (χ2n) is 4.71. The molecular weight excluding hydrogens is 220 g/mol. The maximum atomic E-state index is 11.5. The van der Waals surface area contributed by atoms with Crippen LogP contribution in [0.3, 0.4) is 0 Å². The van der Waals surface area contributed by atoms with Crippen LogP contribution in [-0.4, -0.2) is 55.4 Å². The van der Waals surface area contributed by atoms with Gasteiger partial charge in [-0.25, -0.2) is 0 Å². The minimum Gasteiger partial charge on any atom is -0.463 e. The largest absolute Gasteiger partial charge is 0.463 e. The van der Waals surface area contributed by atoms with Crippen LogP contribution in [0.1, 0.15) is 27.2 Å². The van der Waals surface area contributed by atoms with Crippen LogP contribution in [0.2, 0.25) is 0 Å². The minimum atomic E-state index is -0.507. The fourth-order valence-corrected chi connectivity index (χ4v) is 1.94. The monoisotopic (exact) mass is 244 g/mol. The van der Waals surface area contributed by atoms with E-state index in [9.17, 15) is 4.79 Å². The zero-order chi connectivity index (χ0) is 12.8. The first-order chi connectivity index (χ1) is 8.06. The Morgan fingerprint density at radius 2 is 2.29 bits per heavy atom. The van der Waals surface area contributed by atoms with Crippen molar-refractivity contribution in [2.24, 2.45) is 5.73 Å². The van der Waals surface area contributed by atoms with Crippen molar-refractivity contribution in [3.63, 3.8) is 0 Å². The van der Waals surface area contributed by atoms with Gasteiger partial charge in [-0.05, 0) is 20.3 Å². The highest BCUT2D eigenvalue weighted by Gasteiger charge is 2.26. The van der Waals surface area contributed by atoms with Crippen LogP contribution >= 0.6 is 0 Å². The molecule has 0 spiro atoms. The molecule has 100 valence electrons. The Morgan fingerprint density at radius 3 is 2.88 bits per heavy atom. The molecule has 1 heterocycles. The summed E-state index contributed by atoms with van der Waals surface area (Å²) in [7, 11) is 0. The SMILES string of the molecule is CC[C@H](N)C(=O)OC[C@H]1COCCN1C(C)C. The standard InChI is InChI=1S/C12H24N2O3/c1-4-11(13)12(15)17-8-10-7-16-6-5-14(10)9(2)3/h9-11H,4-8,13H2,1-3H3/t10-,11+/m1/s1. The van der Waals surface area contributed by atoms with Gasteiger partial charge in [0.15, 0.2) is 0 Å². The summed E-state index contributed by atoms with van der Waals surface area (Å²) in [6.07, 6.45) is 0.605. The Hall–Kier alpha value is -0.650. The van der Waals surface area contributed by atoms with Crippen LogP contribution in [-0.2, 0) is 14.3 Å². The molecule has 0 saturated carbocycles. The van der Waals surface area contributed by atoms with Crippen molar-refractivity contribution in [1.29, 1.82) is 0 Å². The highest BCUT2D eigenvalue weighted by Crippen LogP contribution is 2.11. The Balaban J connectivity index is 2.40. The summed E-state index contributed by atoms with van der Waals surface area (Å²) in [6.45, 7) is 8.76. The molecule has 1 fully saturated rings. The fourth-order valence-electron chi connectivity index (χ4n) is 1.94. The summed E-state index contributed by atoms with van der Waals surface area (Å²) in [5.41, 5.74) is 5.61. The molecule has 1 rings (SSSR count). The van der Waals surface area contributed by atoms with Gasteiger partial charge < -0.3 is 15.2 Å². The molecule has 0 unspecified atom stereocenters. The van der Waals surface area contributed by atoms with Crippen molar-refractivity contribution in [3.8, 4) is 0 Å². The minimum absolute atomic E-state index is 0.150. The molecule has 2 atom stereocenters. The van der Waals surface area contributed by atoms with E-state index in [0.29, 0.717) is 25.7 Å². The predicted octanol–water partition coefficient (Wildman–Crippen LogP) is 0.376. The van der Waals surface area contributed by atoms with Crippen molar-refractivity contribution in [3.05, 3.63) is 0 Å². The molecule has 17 heavy (non-hydrogen) atoms. The van der Waals surface area contributed by atoms with E-state index in [1.54, 1.807) is 0 Å². The van der Waals surface area contributed by atoms with Gasteiger partial charge in [0.2, 0.25) is 0 Å². The highest BCUT2D eigenvalue weighted by molar-refractivity contribution is 5.75. The van der Waals surface area contributed by atoms with E-state index in [1.807, 2.05) is 6.92 Å². The number of carbonyl (C=O) groups is 1. The zero-order valence-corrected chi connectivity index (χ0v) is 11.0. The molecule has 0 aromatic carbocycles. The molecular formula is C12H24N2O3. The summed E-state index contributed by atoms with van der Waals surface area (Å²) < 4.78 is 10.6. The van der Waals surface area contributed by atoms with Crippen LogP contribution < -0.4 is 5.73 Å².